The molecule has 1 rings (SSSR count). The summed E-state index contributed by atoms with van der Waals surface area (Å²) in [5.41, 5.74) is 2.85. The Balaban J connectivity index is 0.000000292. The highest BCUT2D eigenvalue weighted by Crippen LogP contribution is 2.22. The van der Waals surface area contributed by atoms with E-state index in [1.54, 1.807) is 4.58 Å². The molecule has 1 fully saturated rings. The van der Waals surface area contributed by atoms with Gasteiger partial charge in [-0.3, -0.25) is 0 Å². The van der Waals surface area contributed by atoms with E-state index in [1.807, 2.05) is 0 Å². The van der Waals surface area contributed by atoms with Crippen molar-refractivity contribution in [2.45, 2.75) is 0 Å². The van der Waals surface area contributed by atoms with Gasteiger partial charge in [0.2, 0.25) is 5.70 Å². The molecule has 14 heavy (non-hydrogen) atoms. The Morgan fingerprint density at radius 1 is 1.07 bits per heavy atom. The fourth-order valence-corrected chi connectivity index (χ4v) is 0.816. The third kappa shape index (κ3) is 4.64. The quantitative estimate of drug-likeness (QED) is 0.326. The number of rotatable bonds is 0. The van der Waals surface area contributed by atoms with Crippen molar-refractivity contribution in [3.63, 3.8) is 0 Å². The van der Waals surface area contributed by atoms with Crippen LogP contribution < -0.4 is 0 Å². The van der Waals surface area contributed by atoms with Crippen LogP contribution in [0.15, 0.2) is 36.6 Å². The lowest BCUT2D eigenvalue weighted by Gasteiger charge is -1.94. The fraction of sp³-hybridized carbons (Fsp3) is 0.125. The number of halogens is 4. The molecular weight excluding hydrogens is 197 g/mol. The zero-order chi connectivity index (χ0) is 11.5. The Morgan fingerprint density at radius 3 is 1.50 bits per heavy atom. The lowest BCUT2D eigenvalue weighted by molar-refractivity contribution is -0.442. The molecule has 78 valence electrons. The lowest BCUT2D eigenvalue weighted by atomic mass is 10.2. The molecule has 0 spiro atoms. The van der Waals surface area contributed by atoms with Crippen LogP contribution in [0.3, 0.4) is 0 Å². The van der Waals surface area contributed by atoms with Crippen LogP contribution in [0.1, 0.15) is 0 Å². The summed E-state index contributed by atoms with van der Waals surface area (Å²) in [6, 6.07) is 0. The Bertz CT molecular complexity index is 273. The maximum atomic E-state index is 9.75. The molecule has 0 N–H and O–H groups in total. The highest BCUT2D eigenvalue weighted by Gasteiger charge is 2.24. The number of nitrogens with zero attached hydrogens (tertiary/aromatic N) is 1. The van der Waals surface area contributed by atoms with Crippen LogP contribution in [0.5, 0.6) is 0 Å². The molecule has 0 saturated carbocycles. The average Bonchev–Trinajstić information content (AvgIpc) is 2.14. The van der Waals surface area contributed by atoms with Crippen molar-refractivity contribution in [3.05, 3.63) is 36.6 Å². The first-order chi connectivity index (χ1) is 6.13. The monoisotopic (exact) mass is 207 g/mol. The molecule has 0 atom stereocenters. The molecule has 0 radical (unpaired) electrons. The van der Waals surface area contributed by atoms with E-state index in [0.717, 1.165) is 23.4 Å². The van der Waals surface area contributed by atoms with E-state index in [2.05, 4.69) is 26.5 Å². The lowest BCUT2D eigenvalue weighted by Crippen LogP contribution is -2.02. The van der Waals surface area contributed by atoms with Crippen LogP contribution in [0, 0.1) is 0 Å². The second-order valence-electron chi connectivity index (χ2n) is 2.72. The number of allylic oxidation sites excluding steroid dienone is 1. The van der Waals surface area contributed by atoms with Gasteiger partial charge in [0.1, 0.15) is 6.72 Å². The summed E-state index contributed by atoms with van der Waals surface area (Å²) in [6.07, 6.45) is 0. The third-order valence-corrected chi connectivity index (χ3v) is 1.54. The summed E-state index contributed by atoms with van der Waals surface area (Å²) >= 11 is 0. The van der Waals surface area contributed by atoms with E-state index in [1.165, 1.54) is 0 Å². The van der Waals surface area contributed by atoms with E-state index in [-0.39, 0.29) is 0 Å². The summed E-state index contributed by atoms with van der Waals surface area (Å²) < 4.78 is 40.8. The van der Waals surface area contributed by atoms with Crippen LogP contribution in [-0.2, 0) is 0 Å². The van der Waals surface area contributed by atoms with Gasteiger partial charge in [0, 0.05) is 11.1 Å². The molecule has 0 aromatic carbocycles. The van der Waals surface area contributed by atoms with E-state index >= 15 is 0 Å². The normalized spacial score (nSPS) is 16.9. The predicted molar refractivity (Wildman–Crippen MR) is 49.9 cm³/mol. The minimum absolute atomic E-state index is 0.775. The molecule has 0 aromatic rings. The van der Waals surface area contributed by atoms with Gasteiger partial charge in [-0.05, 0) is 6.58 Å². The molecule has 6 heteroatoms. The Kier molecular flexibility index (Phi) is 3.86. The van der Waals surface area contributed by atoms with Crippen molar-refractivity contribution in [2.75, 3.05) is 6.54 Å². The SMILES string of the molecule is C=C1C[N+](=C)C(=C)C1=C.F[B-](F)(F)F. The summed E-state index contributed by atoms with van der Waals surface area (Å²) in [5, 5.41) is 0. The van der Waals surface area contributed by atoms with Crippen molar-refractivity contribution in [1.82, 2.24) is 0 Å². The molecule has 1 saturated heterocycles. The first kappa shape index (κ1) is 12.7. The summed E-state index contributed by atoms with van der Waals surface area (Å²) in [5.74, 6) is 0. The highest BCUT2D eigenvalue weighted by molar-refractivity contribution is 6.50. The largest absolute Gasteiger partial charge is 0.673 e. The van der Waals surface area contributed by atoms with Gasteiger partial charge >= 0.3 is 7.25 Å². The van der Waals surface area contributed by atoms with Crippen LogP contribution in [-0.4, -0.2) is 25.1 Å². The summed E-state index contributed by atoms with van der Waals surface area (Å²) in [4.78, 5) is 0. The maximum absolute atomic E-state index is 9.75. The topological polar surface area (TPSA) is 3.01 Å². The van der Waals surface area contributed by atoms with E-state index in [9.17, 15) is 17.3 Å². The van der Waals surface area contributed by atoms with Crippen molar-refractivity contribution >= 4 is 14.0 Å². The van der Waals surface area contributed by atoms with Gasteiger partial charge in [-0.25, -0.2) is 4.58 Å². The fourth-order valence-electron chi connectivity index (χ4n) is 0.816. The number of hydrogen-bond acceptors (Lipinski definition) is 0. The molecule has 1 aliphatic rings. The van der Waals surface area contributed by atoms with Crippen molar-refractivity contribution < 1.29 is 21.8 Å². The predicted octanol–water partition coefficient (Wildman–Crippen LogP) is 2.64. The van der Waals surface area contributed by atoms with E-state index in [4.69, 9.17) is 0 Å². The maximum Gasteiger partial charge on any atom is 0.673 e. The molecule has 0 amide bonds. The Morgan fingerprint density at radius 2 is 1.43 bits per heavy atom. The molecule has 0 aliphatic carbocycles. The molecular formula is C8H10BF4N. The molecule has 1 aliphatic heterocycles. The average molecular weight is 207 g/mol. The van der Waals surface area contributed by atoms with Gasteiger partial charge in [-0.2, -0.15) is 0 Å². The van der Waals surface area contributed by atoms with Crippen molar-refractivity contribution in [2.24, 2.45) is 0 Å². The van der Waals surface area contributed by atoms with Crippen LogP contribution in [0.4, 0.5) is 17.3 Å². The summed E-state index contributed by atoms with van der Waals surface area (Å²) in [6.45, 7) is 15.9. The van der Waals surface area contributed by atoms with Crippen LogP contribution in [0.2, 0.25) is 0 Å². The summed E-state index contributed by atoms with van der Waals surface area (Å²) in [7, 11) is -6.00. The van der Waals surface area contributed by atoms with Crippen LogP contribution >= 0.6 is 0 Å². The second-order valence-corrected chi connectivity index (χ2v) is 2.72. The standard InChI is InChI=1S/C8H10N.BF4/c1-6-5-9(4)8(3)7(6)2;2-1(3,4)5/h1-5H2;/q+1;-1. The van der Waals surface area contributed by atoms with Gasteiger partial charge < -0.3 is 17.3 Å². The zero-order valence-corrected chi connectivity index (χ0v) is 7.57. The van der Waals surface area contributed by atoms with Gasteiger partial charge in [-0.15, -0.1) is 0 Å². The molecule has 1 heterocycles. The van der Waals surface area contributed by atoms with Crippen LogP contribution in [0.25, 0.3) is 0 Å². The van der Waals surface area contributed by atoms with E-state index in [0.29, 0.717) is 0 Å². The molecule has 0 bridgehead atoms. The Hall–Kier alpha value is -1.33. The van der Waals surface area contributed by atoms with Crippen molar-refractivity contribution in [3.8, 4) is 0 Å². The Labute approximate surface area is 79.8 Å². The first-order valence-corrected chi connectivity index (χ1v) is 3.64. The zero-order valence-electron chi connectivity index (χ0n) is 7.57. The highest BCUT2D eigenvalue weighted by atomic mass is 19.5. The minimum atomic E-state index is -6.00. The number of hydrogen-bond donors (Lipinski definition) is 0. The second kappa shape index (κ2) is 4.26. The minimum Gasteiger partial charge on any atom is -0.418 e. The van der Waals surface area contributed by atoms with E-state index < -0.39 is 7.25 Å². The van der Waals surface area contributed by atoms with Gasteiger partial charge in [0.25, 0.3) is 0 Å². The molecule has 0 unspecified atom stereocenters. The molecule has 0 aromatic heterocycles. The first-order valence-electron chi connectivity index (χ1n) is 3.64. The smallest absolute Gasteiger partial charge is 0.418 e. The third-order valence-electron chi connectivity index (χ3n) is 1.54. The van der Waals surface area contributed by atoms with Gasteiger partial charge in [-0.1, -0.05) is 13.2 Å². The van der Waals surface area contributed by atoms with Crippen molar-refractivity contribution in [1.29, 1.82) is 0 Å². The molecule has 1 nitrogen and oxygen atoms in total. The van der Waals surface area contributed by atoms with Gasteiger partial charge in [0.15, 0.2) is 6.54 Å². The van der Waals surface area contributed by atoms with Gasteiger partial charge in [0.05, 0.1) is 0 Å².